The first-order chi connectivity index (χ1) is 4.55. The van der Waals surface area contributed by atoms with Crippen LogP contribution in [0.25, 0.3) is 0 Å². The Bertz CT molecular complexity index is 113. The summed E-state index contributed by atoms with van der Waals surface area (Å²) in [5, 5.41) is 0. The molecule has 0 bridgehead atoms. The monoisotopic (exact) mass is 206 g/mol. The Morgan fingerprint density at radius 3 is 2.50 bits per heavy atom. The van der Waals surface area contributed by atoms with Crippen LogP contribution in [0.3, 0.4) is 0 Å². The Balaban J connectivity index is 2.63. The molecule has 1 fully saturated rings. The Hall–Kier alpha value is 0.478. The number of hydrogen-bond acceptors (Lipinski definition) is 2. The third kappa shape index (κ3) is 1.39. The molecule has 1 saturated heterocycles. The average molecular weight is 206 g/mol. The zero-order valence-corrected chi connectivity index (χ0v) is 8.92. The molecule has 1 heterocycles. The normalized spacial score (nSPS) is 39.6. The summed E-state index contributed by atoms with van der Waals surface area (Å²) in [5.41, 5.74) is 2.20. The Labute approximate surface area is 67.4 Å². The molecule has 2 atom stereocenters. The fourth-order valence-corrected chi connectivity index (χ4v) is 3.14. The molecule has 2 nitrogen and oxygen atoms in total. The van der Waals surface area contributed by atoms with Crippen molar-refractivity contribution in [2.75, 3.05) is 6.61 Å². The second kappa shape index (κ2) is 2.84. The third-order valence-corrected chi connectivity index (χ3v) is 7.52. The summed E-state index contributed by atoms with van der Waals surface area (Å²) in [6.07, 6.45) is 0. The van der Waals surface area contributed by atoms with Gasteiger partial charge in [0.1, 0.15) is 0 Å². The zero-order chi connectivity index (χ0) is 7.78. The molecular formula is C7H15AsO2. The first-order valence-corrected chi connectivity index (χ1v) is 7.16. The summed E-state index contributed by atoms with van der Waals surface area (Å²) < 4.78 is 5.60. The van der Waals surface area contributed by atoms with Crippen LogP contribution >= 0.6 is 0 Å². The molecule has 0 N–H and O–H groups in total. The molecule has 10 heavy (non-hydrogen) atoms. The van der Waals surface area contributed by atoms with Crippen LogP contribution in [0, 0.1) is 5.92 Å². The van der Waals surface area contributed by atoms with E-state index in [2.05, 4.69) is 26.5 Å². The molecule has 0 aliphatic carbocycles. The van der Waals surface area contributed by atoms with E-state index in [0.29, 0.717) is 10.1 Å². The van der Waals surface area contributed by atoms with Gasteiger partial charge in [-0.1, -0.05) is 0 Å². The van der Waals surface area contributed by atoms with Gasteiger partial charge in [0.05, 0.1) is 0 Å². The van der Waals surface area contributed by atoms with Crippen LogP contribution in [0.15, 0.2) is 0 Å². The van der Waals surface area contributed by atoms with Gasteiger partial charge >= 0.3 is 67.0 Å². The van der Waals surface area contributed by atoms with Crippen LogP contribution in [0.4, 0.5) is 0 Å². The van der Waals surface area contributed by atoms with E-state index in [1.807, 2.05) is 0 Å². The van der Waals surface area contributed by atoms with E-state index in [1.165, 1.54) is 0 Å². The SMILES string of the molecule is CC1COO[As](C)C1(C)C. The van der Waals surface area contributed by atoms with Gasteiger partial charge in [-0.15, -0.1) is 0 Å². The van der Waals surface area contributed by atoms with Crippen molar-refractivity contribution in [3.63, 3.8) is 0 Å². The van der Waals surface area contributed by atoms with Crippen molar-refractivity contribution in [2.24, 2.45) is 5.92 Å². The molecular weight excluding hydrogens is 191 g/mol. The topological polar surface area (TPSA) is 18.5 Å². The summed E-state index contributed by atoms with van der Waals surface area (Å²) in [5.74, 6) is 0.645. The summed E-state index contributed by atoms with van der Waals surface area (Å²) in [6, 6.07) is 0. The summed E-state index contributed by atoms with van der Waals surface area (Å²) in [4.78, 5) is 4.99. The molecule has 0 amide bonds. The van der Waals surface area contributed by atoms with Gasteiger partial charge in [0.2, 0.25) is 0 Å². The van der Waals surface area contributed by atoms with Crippen LogP contribution < -0.4 is 0 Å². The summed E-state index contributed by atoms with van der Waals surface area (Å²) in [6.45, 7) is 7.54. The number of hydrogen-bond donors (Lipinski definition) is 0. The Morgan fingerprint density at radius 2 is 2.10 bits per heavy atom. The van der Waals surface area contributed by atoms with Gasteiger partial charge in [-0.3, -0.25) is 0 Å². The predicted molar refractivity (Wildman–Crippen MR) is 41.9 cm³/mol. The van der Waals surface area contributed by atoms with E-state index in [1.54, 1.807) is 0 Å². The minimum absolute atomic E-state index is 0.394. The molecule has 1 aliphatic heterocycles. The number of rotatable bonds is 0. The van der Waals surface area contributed by atoms with Crippen LogP contribution in [-0.2, 0) is 8.76 Å². The van der Waals surface area contributed by atoms with Gasteiger partial charge < -0.3 is 0 Å². The second-order valence-electron chi connectivity index (χ2n) is 3.41. The van der Waals surface area contributed by atoms with E-state index < -0.39 is 15.0 Å². The van der Waals surface area contributed by atoms with Crippen molar-refractivity contribution in [1.29, 1.82) is 0 Å². The fourth-order valence-electron chi connectivity index (χ4n) is 0.822. The van der Waals surface area contributed by atoms with Crippen molar-refractivity contribution in [3.8, 4) is 0 Å². The Morgan fingerprint density at radius 1 is 1.50 bits per heavy atom. The van der Waals surface area contributed by atoms with Crippen LogP contribution in [-0.4, -0.2) is 21.6 Å². The molecule has 2 unspecified atom stereocenters. The maximum atomic E-state index is 5.21. The summed E-state index contributed by atoms with van der Waals surface area (Å²) in [7, 11) is 0. The molecule has 1 aliphatic rings. The second-order valence-corrected chi connectivity index (χ2v) is 8.23. The average Bonchev–Trinajstić information content (AvgIpc) is 1.84. The van der Waals surface area contributed by atoms with Gasteiger partial charge in [-0.2, -0.15) is 0 Å². The van der Waals surface area contributed by atoms with Crippen molar-refractivity contribution in [3.05, 3.63) is 0 Å². The summed E-state index contributed by atoms with van der Waals surface area (Å²) >= 11 is -1.15. The standard InChI is InChI=1S/C7H15AsO2/c1-6-5-9-10-8(4)7(6,2)3/h6H,5H2,1-4H3. The molecule has 0 saturated carbocycles. The first kappa shape index (κ1) is 8.57. The fraction of sp³-hybridized carbons (Fsp3) is 1.00. The molecule has 60 valence electrons. The Kier molecular flexibility index (Phi) is 2.44. The predicted octanol–water partition coefficient (Wildman–Crippen LogP) is 1.99. The van der Waals surface area contributed by atoms with Crippen LogP contribution in [0.2, 0.25) is 9.91 Å². The van der Waals surface area contributed by atoms with Gasteiger partial charge in [0, 0.05) is 0 Å². The van der Waals surface area contributed by atoms with Crippen LogP contribution in [0.1, 0.15) is 20.8 Å². The van der Waals surface area contributed by atoms with Gasteiger partial charge in [0.15, 0.2) is 0 Å². The molecule has 1 rings (SSSR count). The molecule has 0 aromatic carbocycles. The van der Waals surface area contributed by atoms with Crippen molar-refractivity contribution in [2.45, 2.75) is 30.7 Å². The van der Waals surface area contributed by atoms with Gasteiger partial charge in [-0.05, 0) is 0 Å². The molecule has 0 radical (unpaired) electrons. The van der Waals surface area contributed by atoms with Crippen LogP contribution in [0.5, 0.6) is 0 Å². The van der Waals surface area contributed by atoms with E-state index in [4.69, 9.17) is 8.76 Å². The molecule has 0 spiro atoms. The van der Waals surface area contributed by atoms with E-state index in [9.17, 15) is 0 Å². The molecule has 0 aromatic rings. The van der Waals surface area contributed by atoms with Gasteiger partial charge in [-0.25, -0.2) is 0 Å². The minimum atomic E-state index is -1.15. The van der Waals surface area contributed by atoms with E-state index in [-0.39, 0.29) is 0 Å². The van der Waals surface area contributed by atoms with Crippen molar-refractivity contribution >= 4 is 15.0 Å². The van der Waals surface area contributed by atoms with E-state index in [0.717, 1.165) is 6.61 Å². The van der Waals surface area contributed by atoms with Crippen molar-refractivity contribution in [1.82, 2.24) is 0 Å². The van der Waals surface area contributed by atoms with Gasteiger partial charge in [0.25, 0.3) is 0 Å². The molecule has 0 aromatic heterocycles. The maximum absolute atomic E-state index is 5.21. The van der Waals surface area contributed by atoms with Crippen molar-refractivity contribution < 1.29 is 8.76 Å². The zero-order valence-electron chi connectivity index (χ0n) is 7.05. The molecule has 3 heteroatoms. The quantitative estimate of drug-likeness (QED) is 0.445. The van der Waals surface area contributed by atoms with E-state index >= 15 is 0 Å². The first-order valence-electron chi connectivity index (χ1n) is 3.58. The third-order valence-electron chi connectivity index (χ3n) is 2.50.